The van der Waals surface area contributed by atoms with E-state index in [1.54, 1.807) is 18.5 Å². The maximum atomic E-state index is 9.46. The summed E-state index contributed by atoms with van der Waals surface area (Å²) in [5.41, 5.74) is 8.08. The number of hydrogen-bond acceptors (Lipinski definition) is 10. The SMILES string of the molecule is CC1(O[C@H]2CCNC2)C=CC(c2nnc(-c3nc(-c4ccnc(C(C)(C)C#N)c4)cnc3N)o2)=CC1. The van der Waals surface area contributed by atoms with Crippen LogP contribution in [0.5, 0.6) is 0 Å². The predicted octanol–water partition coefficient (Wildman–Crippen LogP) is 3.45. The molecule has 3 aromatic heterocycles. The molecule has 4 heterocycles. The van der Waals surface area contributed by atoms with Crippen molar-refractivity contribution in [1.82, 2.24) is 30.5 Å². The lowest BCUT2D eigenvalue weighted by atomic mass is 9.90. The molecular weight excluding hydrogens is 456 g/mol. The molecule has 0 saturated carbocycles. The molecule has 10 heteroatoms. The molecule has 0 bridgehead atoms. The van der Waals surface area contributed by atoms with Gasteiger partial charge in [-0.25, -0.2) is 9.97 Å². The van der Waals surface area contributed by atoms with Crippen molar-refractivity contribution in [2.75, 3.05) is 18.8 Å². The molecule has 3 aromatic rings. The van der Waals surface area contributed by atoms with Gasteiger partial charge < -0.3 is 20.2 Å². The highest BCUT2D eigenvalue weighted by molar-refractivity contribution is 5.72. The van der Waals surface area contributed by atoms with Gasteiger partial charge in [0.15, 0.2) is 11.5 Å². The quantitative estimate of drug-likeness (QED) is 0.533. The van der Waals surface area contributed by atoms with E-state index < -0.39 is 5.41 Å². The third-order valence-electron chi connectivity index (χ3n) is 6.44. The lowest BCUT2D eigenvalue weighted by molar-refractivity contribution is -0.0411. The Kier molecular flexibility index (Phi) is 6.12. The Labute approximate surface area is 209 Å². The number of hydrogen-bond donors (Lipinski definition) is 2. The molecule has 3 N–H and O–H groups in total. The van der Waals surface area contributed by atoms with E-state index in [1.165, 1.54) is 0 Å². The fraction of sp³-hybridized carbons (Fsp3) is 0.385. The second-order valence-electron chi connectivity index (χ2n) is 9.81. The van der Waals surface area contributed by atoms with Crippen LogP contribution in [0.25, 0.3) is 28.4 Å². The largest absolute Gasteiger partial charge is 0.414 e. The van der Waals surface area contributed by atoms with E-state index in [0.29, 0.717) is 29.4 Å². The highest BCUT2D eigenvalue weighted by atomic mass is 16.5. The number of nitrogen functional groups attached to an aromatic ring is 1. The normalized spacial score (nSPS) is 21.8. The monoisotopic (exact) mass is 484 g/mol. The summed E-state index contributed by atoms with van der Waals surface area (Å²) in [6.07, 6.45) is 11.2. The van der Waals surface area contributed by atoms with Crippen molar-refractivity contribution < 1.29 is 9.15 Å². The number of nitriles is 1. The zero-order chi connectivity index (χ0) is 25.3. The predicted molar refractivity (Wildman–Crippen MR) is 134 cm³/mol. The number of rotatable bonds is 6. The first-order valence-electron chi connectivity index (χ1n) is 11.9. The van der Waals surface area contributed by atoms with Gasteiger partial charge in [-0.1, -0.05) is 18.2 Å². The number of nitrogens with two attached hydrogens (primary N) is 1. The Hall–Kier alpha value is -3.94. The Balaban J connectivity index is 1.37. The van der Waals surface area contributed by atoms with Gasteiger partial charge in [0.05, 0.1) is 40.8 Å². The fourth-order valence-corrected chi connectivity index (χ4v) is 4.19. The van der Waals surface area contributed by atoms with E-state index in [4.69, 9.17) is 14.9 Å². The zero-order valence-electron chi connectivity index (χ0n) is 20.5. The average Bonchev–Trinajstić information content (AvgIpc) is 3.57. The Morgan fingerprint density at radius 1 is 1.28 bits per heavy atom. The van der Waals surface area contributed by atoms with E-state index in [2.05, 4.69) is 43.5 Å². The number of ether oxygens (including phenoxy) is 1. The molecule has 0 spiro atoms. The van der Waals surface area contributed by atoms with Crippen molar-refractivity contribution >= 4 is 11.4 Å². The summed E-state index contributed by atoms with van der Waals surface area (Å²) in [5, 5.41) is 21.2. The van der Waals surface area contributed by atoms with Crippen LogP contribution in [0.3, 0.4) is 0 Å². The van der Waals surface area contributed by atoms with Crippen LogP contribution in [0.15, 0.2) is 47.2 Å². The minimum Gasteiger partial charge on any atom is -0.414 e. The van der Waals surface area contributed by atoms with E-state index in [1.807, 2.05) is 38.1 Å². The maximum Gasteiger partial charge on any atom is 0.270 e. The van der Waals surface area contributed by atoms with Crippen molar-refractivity contribution in [3.05, 3.63) is 54.3 Å². The molecule has 1 unspecified atom stereocenters. The average molecular weight is 485 g/mol. The van der Waals surface area contributed by atoms with Gasteiger partial charge in [0, 0.05) is 23.9 Å². The molecule has 0 radical (unpaired) electrons. The second kappa shape index (κ2) is 9.26. The minimum absolute atomic E-state index is 0.180. The molecule has 1 fully saturated rings. The summed E-state index contributed by atoms with van der Waals surface area (Å²) < 4.78 is 12.2. The van der Waals surface area contributed by atoms with Crippen LogP contribution in [0.1, 0.15) is 45.2 Å². The number of pyridine rings is 1. The first-order chi connectivity index (χ1) is 17.3. The van der Waals surface area contributed by atoms with Gasteiger partial charge in [0.1, 0.15) is 0 Å². The highest BCUT2D eigenvalue weighted by Crippen LogP contribution is 2.33. The summed E-state index contributed by atoms with van der Waals surface area (Å²) in [4.78, 5) is 13.3. The molecule has 36 heavy (non-hydrogen) atoms. The van der Waals surface area contributed by atoms with Crippen LogP contribution in [-0.2, 0) is 10.2 Å². The van der Waals surface area contributed by atoms with Crippen LogP contribution < -0.4 is 11.1 Å². The lowest BCUT2D eigenvalue weighted by Crippen LogP contribution is -2.33. The fourth-order valence-electron chi connectivity index (χ4n) is 4.19. The lowest BCUT2D eigenvalue weighted by Gasteiger charge is -2.31. The Morgan fingerprint density at radius 3 is 2.83 bits per heavy atom. The van der Waals surface area contributed by atoms with Gasteiger partial charge >= 0.3 is 0 Å². The van der Waals surface area contributed by atoms with Gasteiger partial charge in [0.2, 0.25) is 5.89 Å². The van der Waals surface area contributed by atoms with Crippen LogP contribution in [-0.4, -0.2) is 49.9 Å². The molecule has 10 nitrogen and oxygen atoms in total. The third-order valence-corrected chi connectivity index (χ3v) is 6.44. The minimum atomic E-state index is -0.738. The molecule has 0 aromatic carbocycles. The van der Waals surface area contributed by atoms with E-state index >= 15 is 0 Å². The smallest absolute Gasteiger partial charge is 0.270 e. The zero-order valence-corrected chi connectivity index (χ0v) is 20.5. The maximum absolute atomic E-state index is 9.46. The van der Waals surface area contributed by atoms with Gasteiger partial charge in [-0.3, -0.25) is 4.98 Å². The van der Waals surface area contributed by atoms with Crippen molar-refractivity contribution in [2.45, 2.75) is 50.7 Å². The Morgan fingerprint density at radius 2 is 2.11 bits per heavy atom. The number of allylic oxidation sites excluding steroid dienone is 2. The standard InChI is InChI=1S/C26H28N8O2/c1-25(2,15-27)20-12-17(6-11-30-20)19-14-31-22(28)21(32-19)24-34-33-23(35-24)16-4-8-26(3,9-5-16)36-18-7-10-29-13-18/h4-6,8,11-12,14,18,29H,7,9-10,13H2,1-3H3,(H2,28,31)/t18-,26?/m0/s1. The Bertz CT molecular complexity index is 1380. The topological polar surface area (TPSA) is 149 Å². The van der Waals surface area contributed by atoms with Crippen molar-refractivity contribution in [3.8, 4) is 28.9 Å². The summed E-state index contributed by atoms with van der Waals surface area (Å²) in [6, 6.07) is 5.89. The third kappa shape index (κ3) is 4.76. The van der Waals surface area contributed by atoms with Crippen LogP contribution >= 0.6 is 0 Å². The first-order valence-corrected chi connectivity index (χ1v) is 11.9. The number of nitrogens with one attached hydrogen (secondary N) is 1. The number of aromatic nitrogens is 5. The molecule has 2 aliphatic rings. The molecule has 1 saturated heterocycles. The van der Waals surface area contributed by atoms with Crippen molar-refractivity contribution in [1.29, 1.82) is 5.26 Å². The number of anilines is 1. The van der Waals surface area contributed by atoms with Crippen molar-refractivity contribution in [2.24, 2.45) is 0 Å². The highest BCUT2D eigenvalue weighted by Gasteiger charge is 2.30. The summed E-state index contributed by atoms with van der Waals surface area (Å²) in [7, 11) is 0. The molecule has 184 valence electrons. The molecule has 2 atom stereocenters. The molecule has 5 rings (SSSR count). The van der Waals surface area contributed by atoms with Gasteiger partial charge in [-0.2, -0.15) is 5.26 Å². The van der Waals surface area contributed by atoms with Gasteiger partial charge in [-0.05, 0) is 52.3 Å². The van der Waals surface area contributed by atoms with Crippen LogP contribution in [0, 0.1) is 11.3 Å². The number of nitrogens with zero attached hydrogens (tertiary/aromatic N) is 6. The van der Waals surface area contributed by atoms with Crippen LogP contribution in [0.4, 0.5) is 5.82 Å². The molecular formula is C26H28N8O2. The second-order valence-corrected chi connectivity index (χ2v) is 9.81. The summed E-state index contributed by atoms with van der Waals surface area (Å²) in [5.74, 6) is 0.735. The molecule has 0 amide bonds. The van der Waals surface area contributed by atoms with Crippen LogP contribution in [0.2, 0.25) is 0 Å². The van der Waals surface area contributed by atoms with Gasteiger partial charge in [0.25, 0.3) is 5.89 Å². The first kappa shape index (κ1) is 23.8. The summed E-state index contributed by atoms with van der Waals surface area (Å²) in [6.45, 7) is 7.58. The van der Waals surface area contributed by atoms with E-state index in [0.717, 1.165) is 30.6 Å². The van der Waals surface area contributed by atoms with E-state index in [9.17, 15) is 5.26 Å². The van der Waals surface area contributed by atoms with E-state index in [-0.39, 0.29) is 23.4 Å². The summed E-state index contributed by atoms with van der Waals surface area (Å²) >= 11 is 0. The molecule has 1 aliphatic heterocycles. The van der Waals surface area contributed by atoms with Gasteiger partial charge in [-0.15, -0.1) is 10.2 Å². The van der Waals surface area contributed by atoms with Crippen molar-refractivity contribution in [3.63, 3.8) is 0 Å². The molecule has 1 aliphatic carbocycles.